The second kappa shape index (κ2) is 7.13. The average Bonchev–Trinajstić information content (AvgIpc) is 2.03. The Labute approximate surface area is 86.0 Å². The van der Waals surface area contributed by atoms with Crippen LogP contribution in [0.1, 0.15) is 27.7 Å². The molecular weight excluding hydrogens is 176 g/mol. The lowest BCUT2D eigenvalue weighted by Crippen LogP contribution is -1.99. The molecule has 0 fully saturated rings. The highest BCUT2D eigenvalue weighted by Crippen LogP contribution is 1.98. The van der Waals surface area contributed by atoms with Crippen LogP contribution in [0, 0.1) is 0 Å². The van der Waals surface area contributed by atoms with Gasteiger partial charge in [0, 0.05) is 6.08 Å². The van der Waals surface area contributed by atoms with Crippen molar-refractivity contribution in [1.29, 1.82) is 0 Å². The summed E-state index contributed by atoms with van der Waals surface area (Å²) in [7, 11) is 0. The zero-order chi connectivity index (χ0) is 11.0. The molecular formula is C12H18O2. The predicted octanol–water partition coefficient (Wildman–Crippen LogP) is 3.02. The van der Waals surface area contributed by atoms with Gasteiger partial charge in [-0.1, -0.05) is 23.8 Å². The van der Waals surface area contributed by atoms with Gasteiger partial charge in [-0.3, -0.25) is 0 Å². The summed E-state index contributed by atoms with van der Waals surface area (Å²) in [4.78, 5) is 11.0. The van der Waals surface area contributed by atoms with Crippen LogP contribution in [0.2, 0.25) is 0 Å². The third-order valence-corrected chi connectivity index (χ3v) is 1.42. The van der Waals surface area contributed by atoms with E-state index in [0.717, 1.165) is 5.57 Å². The average molecular weight is 194 g/mol. The van der Waals surface area contributed by atoms with Crippen LogP contribution < -0.4 is 0 Å². The molecule has 78 valence electrons. The van der Waals surface area contributed by atoms with E-state index in [9.17, 15) is 4.79 Å². The molecule has 0 radical (unpaired) electrons. The lowest BCUT2D eigenvalue weighted by Gasteiger charge is -1.95. The lowest BCUT2D eigenvalue weighted by molar-refractivity contribution is -0.137. The zero-order valence-corrected chi connectivity index (χ0v) is 9.33. The second-order valence-corrected chi connectivity index (χ2v) is 3.24. The summed E-state index contributed by atoms with van der Waals surface area (Å²) >= 11 is 0. The standard InChI is InChI=1S/C12H18O2/c1-5-14-12(13)9-11(4)8-6-7-10(2)3/h6-9H,5H2,1-4H3. The van der Waals surface area contributed by atoms with Crippen molar-refractivity contribution >= 4 is 5.97 Å². The highest BCUT2D eigenvalue weighted by atomic mass is 16.5. The summed E-state index contributed by atoms with van der Waals surface area (Å²) in [5.74, 6) is -0.285. The Kier molecular flexibility index (Phi) is 6.46. The maximum absolute atomic E-state index is 11.0. The van der Waals surface area contributed by atoms with Gasteiger partial charge < -0.3 is 4.74 Å². The Morgan fingerprint density at radius 1 is 1.29 bits per heavy atom. The third kappa shape index (κ3) is 7.35. The van der Waals surface area contributed by atoms with Crippen molar-refractivity contribution in [3.05, 3.63) is 35.5 Å². The van der Waals surface area contributed by atoms with E-state index in [-0.39, 0.29) is 5.97 Å². The van der Waals surface area contributed by atoms with Crippen LogP contribution in [0.25, 0.3) is 0 Å². The minimum Gasteiger partial charge on any atom is -0.463 e. The number of esters is 1. The molecule has 0 heterocycles. The van der Waals surface area contributed by atoms with Crippen LogP contribution in [0.5, 0.6) is 0 Å². The van der Waals surface area contributed by atoms with Crippen LogP contribution >= 0.6 is 0 Å². The van der Waals surface area contributed by atoms with Gasteiger partial charge in [-0.2, -0.15) is 0 Å². The lowest BCUT2D eigenvalue weighted by atomic mass is 10.2. The van der Waals surface area contributed by atoms with E-state index in [1.807, 2.05) is 39.0 Å². The molecule has 14 heavy (non-hydrogen) atoms. The Morgan fingerprint density at radius 2 is 1.93 bits per heavy atom. The number of carbonyl (C=O) groups is 1. The molecule has 0 rings (SSSR count). The van der Waals surface area contributed by atoms with Gasteiger partial charge in [0.15, 0.2) is 0 Å². The van der Waals surface area contributed by atoms with E-state index in [0.29, 0.717) is 6.61 Å². The molecule has 0 atom stereocenters. The van der Waals surface area contributed by atoms with Crippen molar-refractivity contribution in [3.8, 4) is 0 Å². The van der Waals surface area contributed by atoms with Gasteiger partial charge in [-0.15, -0.1) is 0 Å². The van der Waals surface area contributed by atoms with Crippen molar-refractivity contribution in [1.82, 2.24) is 0 Å². The van der Waals surface area contributed by atoms with Crippen LogP contribution in [0.3, 0.4) is 0 Å². The van der Waals surface area contributed by atoms with Crippen LogP contribution in [0.15, 0.2) is 35.5 Å². The predicted molar refractivity (Wildman–Crippen MR) is 59.0 cm³/mol. The maximum atomic E-state index is 11.0. The van der Waals surface area contributed by atoms with Crippen molar-refractivity contribution < 1.29 is 9.53 Å². The molecule has 0 saturated heterocycles. The largest absolute Gasteiger partial charge is 0.463 e. The summed E-state index contributed by atoms with van der Waals surface area (Å²) in [6.07, 6.45) is 7.27. The van der Waals surface area contributed by atoms with Gasteiger partial charge in [0.05, 0.1) is 6.61 Å². The number of rotatable bonds is 4. The third-order valence-electron chi connectivity index (χ3n) is 1.42. The monoisotopic (exact) mass is 194 g/mol. The van der Waals surface area contributed by atoms with Crippen molar-refractivity contribution in [2.24, 2.45) is 0 Å². The number of ether oxygens (including phenoxy) is 1. The SMILES string of the molecule is CCOC(=O)C=C(C)C=CC=C(C)C. The molecule has 0 aliphatic heterocycles. The number of allylic oxidation sites excluding steroid dienone is 5. The fourth-order valence-electron chi connectivity index (χ4n) is 0.810. The van der Waals surface area contributed by atoms with E-state index >= 15 is 0 Å². The summed E-state index contributed by atoms with van der Waals surface area (Å²) in [6.45, 7) is 8.12. The summed E-state index contributed by atoms with van der Waals surface area (Å²) in [5.41, 5.74) is 2.12. The van der Waals surface area contributed by atoms with Gasteiger partial charge in [0.25, 0.3) is 0 Å². The van der Waals surface area contributed by atoms with E-state index < -0.39 is 0 Å². The molecule has 0 amide bonds. The topological polar surface area (TPSA) is 26.3 Å². The number of hydrogen-bond acceptors (Lipinski definition) is 2. The second-order valence-electron chi connectivity index (χ2n) is 3.24. The first kappa shape index (κ1) is 12.7. The number of carbonyl (C=O) groups excluding carboxylic acids is 1. The smallest absolute Gasteiger partial charge is 0.330 e. The molecule has 0 aromatic carbocycles. The van der Waals surface area contributed by atoms with Gasteiger partial charge in [0.2, 0.25) is 0 Å². The fraction of sp³-hybridized carbons (Fsp3) is 0.417. The van der Waals surface area contributed by atoms with Gasteiger partial charge in [-0.25, -0.2) is 4.79 Å². The first-order valence-corrected chi connectivity index (χ1v) is 4.73. The summed E-state index contributed by atoms with van der Waals surface area (Å²) in [5, 5.41) is 0. The Morgan fingerprint density at radius 3 is 2.43 bits per heavy atom. The molecule has 0 unspecified atom stereocenters. The first-order valence-electron chi connectivity index (χ1n) is 4.73. The molecule has 0 saturated carbocycles. The quantitative estimate of drug-likeness (QED) is 0.390. The van der Waals surface area contributed by atoms with E-state index in [1.165, 1.54) is 11.6 Å². The van der Waals surface area contributed by atoms with Crippen molar-refractivity contribution in [2.45, 2.75) is 27.7 Å². The normalized spacial score (nSPS) is 11.6. The van der Waals surface area contributed by atoms with Gasteiger partial charge in [-0.05, 0) is 33.3 Å². The van der Waals surface area contributed by atoms with Crippen molar-refractivity contribution in [2.75, 3.05) is 6.61 Å². The summed E-state index contributed by atoms with van der Waals surface area (Å²) in [6, 6.07) is 0. The zero-order valence-electron chi connectivity index (χ0n) is 9.33. The van der Waals surface area contributed by atoms with Crippen LogP contribution in [0.4, 0.5) is 0 Å². The van der Waals surface area contributed by atoms with Crippen LogP contribution in [-0.4, -0.2) is 12.6 Å². The molecule has 0 aromatic rings. The molecule has 0 N–H and O–H groups in total. The Bertz CT molecular complexity index is 266. The van der Waals surface area contributed by atoms with Crippen molar-refractivity contribution in [3.63, 3.8) is 0 Å². The minimum atomic E-state index is -0.285. The molecule has 0 aliphatic rings. The molecule has 0 spiro atoms. The summed E-state index contributed by atoms with van der Waals surface area (Å²) < 4.78 is 4.78. The van der Waals surface area contributed by atoms with E-state index in [4.69, 9.17) is 4.74 Å². The van der Waals surface area contributed by atoms with Gasteiger partial charge >= 0.3 is 5.97 Å². The highest BCUT2D eigenvalue weighted by Gasteiger charge is 1.94. The molecule has 0 aromatic heterocycles. The van der Waals surface area contributed by atoms with Gasteiger partial charge in [0.1, 0.15) is 0 Å². The molecule has 2 nitrogen and oxygen atoms in total. The Balaban J connectivity index is 4.19. The molecule has 0 aliphatic carbocycles. The van der Waals surface area contributed by atoms with E-state index in [1.54, 1.807) is 6.92 Å². The number of hydrogen-bond donors (Lipinski definition) is 0. The molecule has 2 heteroatoms. The first-order chi connectivity index (χ1) is 6.56. The molecule has 0 bridgehead atoms. The maximum Gasteiger partial charge on any atom is 0.330 e. The van der Waals surface area contributed by atoms with E-state index in [2.05, 4.69) is 0 Å². The fourth-order valence-corrected chi connectivity index (χ4v) is 0.810. The minimum absolute atomic E-state index is 0.285. The Hall–Kier alpha value is -1.31. The van der Waals surface area contributed by atoms with Crippen LogP contribution in [-0.2, 0) is 9.53 Å². The highest BCUT2D eigenvalue weighted by molar-refractivity contribution is 5.83.